The average Bonchev–Trinajstić information content (AvgIpc) is 2.78. The van der Waals surface area contributed by atoms with Crippen molar-refractivity contribution in [3.8, 4) is 11.5 Å². The third-order valence-electron chi connectivity index (χ3n) is 4.98. The molecule has 8 heteroatoms. The van der Waals surface area contributed by atoms with Crippen LogP contribution in [0.2, 0.25) is 0 Å². The van der Waals surface area contributed by atoms with E-state index in [1.807, 2.05) is 18.2 Å². The molecule has 0 aliphatic heterocycles. The Morgan fingerprint density at radius 3 is 2.34 bits per heavy atom. The fraction of sp³-hybridized carbons (Fsp3) is 0.375. The number of likely N-dealkylation sites (N-methyl/N-ethyl adjacent to an activating group) is 1. The lowest BCUT2D eigenvalue weighted by Crippen LogP contribution is -2.28. The molecule has 0 saturated heterocycles. The first-order valence-electron chi connectivity index (χ1n) is 10.4. The van der Waals surface area contributed by atoms with Crippen molar-refractivity contribution < 1.29 is 22.7 Å². The smallest absolute Gasteiger partial charge is 0.243 e. The van der Waals surface area contributed by atoms with Crippen molar-refractivity contribution in [2.24, 2.45) is 0 Å². The number of benzene rings is 2. The van der Waals surface area contributed by atoms with Crippen LogP contribution in [0.1, 0.15) is 17.5 Å². The molecular formula is C24H32N2O5S. The molecule has 32 heavy (non-hydrogen) atoms. The van der Waals surface area contributed by atoms with Crippen LogP contribution in [0, 0.1) is 0 Å². The standard InChI is InChI=1S/C24H32N2O5S/c1-26(17-14-20-8-12-22(30-2)23(18-20)31-3)16-5-15-25-24(27)13-9-19-6-10-21(11-7-19)32(4,28)29/h6-13,18H,5,14-17H2,1-4H3,(H,25,27). The number of nitrogens with one attached hydrogen (secondary N) is 1. The summed E-state index contributed by atoms with van der Waals surface area (Å²) >= 11 is 0. The Morgan fingerprint density at radius 1 is 1.03 bits per heavy atom. The van der Waals surface area contributed by atoms with Crippen molar-refractivity contribution >= 4 is 21.8 Å². The van der Waals surface area contributed by atoms with Gasteiger partial charge in [-0.15, -0.1) is 0 Å². The number of sulfone groups is 1. The van der Waals surface area contributed by atoms with Gasteiger partial charge in [0.05, 0.1) is 19.1 Å². The molecule has 0 heterocycles. The molecule has 0 unspecified atom stereocenters. The van der Waals surface area contributed by atoms with Gasteiger partial charge in [0.15, 0.2) is 21.3 Å². The first kappa shape index (κ1) is 25.4. The molecule has 0 aliphatic carbocycles. The highest BCUT2D eigenvalue weighted by Crippen LogP contribution is 2.27. The number of hydrogen-bond acceptors (Lipinski definition) is 6. The molecule has 1 amide bonds. The fourth-order valence-electron chi connectivity index (χ4n) is 3.09. The Labute approximate surface area is 191 Å². The van der Waals surface area contributed by atoms with E-state index < -0.39 is 9.84 Å². The Hall–Kier alpha value is -2.84. The van der Waals surface area contributed by atoms with Gasteiger partial charge in [0.2, 0.25) is 5.91 Å². The lowest BCUT2D eigenvalue weighted by Gasteiger charge is -2.17. The molecule has 2 aromatic carbocycles. The van der Waals surface area contributed by atoms with Crippen LogP contribution in [0.4, 0.5) is 0 Å². The van der Waals surface area contributed by atoms with E-state index in [0.717, 1.165) is 43.0 Å². The first-order chi connectivity index (χ1) is 15.2. The van der Waals surface area contributed by atoms with E-state index in [4.69, 9.17) is 9.47 Å². The van der Waals surface area contributed by atoms with Gasteiger partial charge in [-0.25, -0.2) is 8.42 Å². The summed E-state index contributed by atoms with van der Waals surface area (Å²) in [6, 6.07) is 12.4. The summed E-state index contributed by atoms with van der Waals surface area (Å²) in [5.74, 6) is 1.28. The van der Waals surface area contributed by atoms with Crippen molar-refractivity contribution in [2.75, 3.05) is 47.2 Å². The Balaban J connectivity index is 1.68. The molecule has 2 aromatic rings. The average molecular weight is 461 g/mol. The SMILES string of the molecule is COc1ccc(CCN(C)CCCNC(=O)C=Cc2ccc(S(C)(=O)=O)cc2)cc1OC. The van der Waals surface area contributed by atoms with Gasteiger partial charge in [-0.1, -0.05) is 18.2 Å². The van der Waals surface area contributed by atoms with Crippen LogP contribution in [0.15, 0.2) is 53.4 Å². The quantitative estimate of drug-likeness (QED) is 0.387. The minimum Gasteiger partial charge on any atom is -0.493 e. The molecule has 174 valence electrons. The summed E-state index contributed by atoms with van der Waals surface area (Å²) in [4.78, 5) is 14.5. The maximum absolute atomic E-state index is 12.0. The van der Waals surface area contributed by atoms with Crippen LogP contribution in [-0.4, -0.2) is 66.4 Å². The van der Waals surface area contributed by atoms with E-state index in [0.29, 0.717) is 6.54 Å². The van der Waals surface area contributed by atoms with Crippen molar-refractivity contribution in [1.82, 2.24) is 10.2 Å². The number of carbonyl (C=O) groups excluding carboxylic acids is 1. The van der Waals surface area contributed by atoms with Gasteiger partial charge in [0.25, 0.3) is 0 Å². The second-order valence-corrected chi connectivity index (χ2v) is 9.58. The van der Waals surface area contributed by atoms with Gasteiger partial charge in [-0.05, 0) is 67.9 Å². The first-order valence-corrected chi connectivity index (χ1v) is 12.3. The van der Waals surface area contributed by atoms with Crippen LogP contribution < -0.4 is 14.8 Å². The fourth-order valence-corrected chi connectivity index (χ4v) is 3.72. The predicted octanol–water partition coefficient (Wildman–Crippen LogP) is 2.80. The number of nitrogens with zero attached hydrogens (tertiary/aromatic N) is 1. The molecule has 1 N–H and O–H groups in total. The lowest BCUT2D eigenvalue weighted by molar-refractivity contribution is -0.116. The van der Waals surface area contributed by atoms with Crippen molar-refractivity contribution in [1.29, 1.82) is 0 Å². The van der Waals surface area contributed by atoms with Crippen LogP contribution in [0.5, 0.6) is 11.5 Å². The van der Waals surface area contributed by atoms with Crippen LogP contribution in [0.25, 0.3) is 6.08 Å². The van der Waals surface area contributed by atoms with Gasteiger partial charge in [0.1, 0.15) is 0 Å². The number of carbonyl (C=O) groups is 1. The third-order valence-corrected chi connectivity index (χ3v) is 6.11. The van der Waals surface area contributed by atoms with Crippen LogP contribution in [-0.2, 0) is 21.1 Å². The van der Waals surface area contributed by atoms with Crippen molar-refractivity contribution in [3.63, 3.8) is 0 Å². The van der Waals surface area contributed by atoms with E-state index in [9.17, 15) is 13.2 Å². The topological polar surface area (TPSA) is 84.9 Å². The van der Waals surface area contributed by atoms with E-state index in [-0.39, 0.29) is 10.8 Å². The van der Waals surface area contributed by atoms with E-state index in [1.165, 1.54) is 30.0 Å². The van der Waals surface area contributed by atoms with Gasteiger partial charge in [-0.3, -0.25) is 4.79 Å². The number of methoxy groups -OCH3 is 2. The van der Waals surface area contributed by atoms with E-state index >= 15 is 0 Å². The molecule has 0 spiro atoms. The normalized spacial score (nSPS) is 11.7. The maximum atomic E-state index is 12.0. The third kappa shape index (κ3) is 8.36. The minimum atomic E-state index is -3.22. The van der Waals surface area contributed by atoms with Crippen molar-refractivity contribution in [3.05, 3.63) is 59.7 Å². The van der Waals surface area contributed by atoms with E-state index in [2.05, 4.69) is 17.3 Å². The number of hydrogen-bond donors (Lipinski definition) is 1. The van der Waals surface area contributed by atoms with Crippen LogP contribution >= 0.6 is 0 Å². The Bertz CT molecular complexity index is 1020. The lowest BCUT2D eigenvalue weighted by atomic mass is 10.1. The molecule has 0 atom stereocenters. The highest BCUT2D eigenvalue weighted by atomic mass is 32.2. The second-order valence-electron chi connectivity index (χ2n) is 7.56. The highest BCUT2D eigenvalue weighted by molar-refractivity contribution is 7.90. The van der Waals surface area contributed by atoms with Gasteiger partial charge in [-0.2, -0.15) is 0 Å². The molecule has 0 aliphatic rings. The van der Waals surface area contributed by atoms with Gasteiger partial charge < -0.3 is 19.7 Å². The number of rotatable bonds is 12. The number of amides is 1. The van der Waals surface area contributed by atoms with Gasteiger partial charge in [0, 0.05) is 25.4 Å². The van der Waals surface area contributed by atoms with Crippen molar-refractivity contribution in [2.45, 2.75) is 17.7 Å². The molecule has 0 radical (unpaired) electrons. The monoisotopic (exact) mass is 460 g/mol. The summed E-state index contributed by atoms with van der Waals surface area (Å²) in [6.07, 6.45) is 6.01. The predicted molar refractivity (Wildman–Crippen MR) is 127 cm³/mol. The second kappa shape index (κ2) is 12.3. The number of ether oxygens (including phenoxy) is 2. The molecule has 0 aromatic heterocycles. The maximum Gasteiger partial charge on any atom is 0.243 e. The Morgan fingerprint density at radius 2 is 1.72 bits per heavy atom. The summed E-state index contributed by atoms with van der Waals surface area (Å²) in [6.45, 7) is 2.34. The molecule has 0 fully saturated rings. The van der Waals surface area contributed by atoms with Gasteiger partial charge >= 0.3 is 0 Å². The van der Waals surface area contributed by atoms with E-state index in [1.54, 1.807) is 32.4 Å². The summed E-state index contributed by atoms with van der Waals surface area (Å²) in [5.41, 5.74) is 1.94. The molecule has 7 nitrogen and oxygen atoms in total. The minimum absolute atomic E-state index is 0.176. The zero-order valence-electron chi connectivity index (χ0n) is 19.1. The molecule has 0 saturated carbocycles. The molecule has 0 bridgehead atoms. The Kier molecular flexibility index (Phi) is 9.74. The highest BCUT2D eigenvalue weighted by Gasteiger charge is 2.07. The summed E-state index contributed by atoms with van der Waals surface area (Å²) in [5, 5.41) is 2.87. The van der Waals surface area contributed by atoms with Crippen LogP contribution in [0.3, 0.4) is 0 Å². The largest absolute Gasteiger partial charge is 0.493 e. The summed E-state index contributed by atoms with van der Waals surface area (Å²) in [7, 11) is 2.09. The molecule has 2 rings (SSSR count). The summed E-state index contributed by atoms with van der Waals surface area (Å²) < 4.78 is 33.6. The molecular weight excluding hydrogens is 428 g/mol. The zero-order valence-corrected chi connectivity index (χ0v) is 19.9. The zero-order chi connectivity index (χ0) is 23.6.